The van der Waals surface area contributed by atoms with Gasteiger partial charge in [0.1, 0.15) is 19.3 Å². The molecule has 0 aliphatic carbocycles. The number of aryl methyl sites for hydroxylation is 1. The lowest BCUT2D eigenvalue weighted by atomic mass is 10.1. The minimum Gasteiger partial charge on any atom is -0.460 e. The average Bonchev–Trinajstić information content (AvgIpc) is 2.80. The van der Waals surface area contributed by atoms with Gasteiger partial charge >= 0.3 is 12.1 Å². The van der Waals surface area contributed by atoms with E-state index >= 15 is 0 Å². The van der Waals surface area contributed by atoms with Crippen LogP contribution in [0.4, 0.5) is 4.79 Å². The lowest BCUT2D eigenvalue weighted by Crippen LogP contribution is -2.44. The lowest BCUT2D eigenvalue weighted by molar-refractivity contribution is -0.145. The number of hydrogen-bond acceptors (Lipinski definition) is 5. The average molecular weight is 424 g/mol. The van der Waals surface area contributed by atoms with Gasteiger partial charge in [-0.2, -0.15) is 0 Å². The van der Waals surface area contributed by atoms with E-state index in [-0.39, 0.29) is 32.1 Å². The fourth-order valence-corrected chi connectivity index (χ4v) is 2.74. The number of alkyl carbamates (subject to hydrolysis) is 1. The van der Waals surface area contributed by atoms with Crippen molar-refractivity contribution in [2.45, 2.75) is 31.9 Å². The first kappa shape index (κ1) is 23.7. The van der Waals surface area contributed by atoms with Gasteiger partial charge in [-0.15, -0.1) is 0 Å². The quantitative estimate of drug-likeness (QED) is 0.403. The van der Waals surface area contributed by atoms with Crippen LogP contribution in [-0.4, -0.2) is 37.2 Å². The molecule has 0 heterocycles. The summed E-state index contributed by atoms with van der Waals surface area (Å²) in [5.41, 5.74) is 1.90. The van der Waals surface area contributed by atoms with Crippen LogP contribution < -0.4 is 10.6 Å². The zero-order valence-electron chi connectivity index (χ0n) is 17.4. The molecule has 0 unspecified atom stereocenters. The Bertz CT molecular complexity index is 840. The minimum atomic E-state index is -0.947. The Hall–Kier alpha value is -3.61. The van der Waals surface area contributed by atoms with Crippen LogP contribution in [0.3, 0.4) is 0 Å². The molecule has 0 fully saturated rings. The fourth-order valence-electron chi connectivity index (χ4n) is 2.74. The molecule has 1 atom stereocenters. The van der Waals surface area contributed by atoms with E-state index in [0.29, 0.717) is 12.8 Å². The molecule has 0 aromatic heterocycles. The van der Waals surface area contributed by atoms with Gasteiger partial charge < -0.3 is 20.1 Å². The summed E-state index contributed by atoms with van der Waals surface area (Å²) in [4.78, 5) is 36.4. The number of amides is 2. The fraction of sp³-hybridized carbons (Fsp3) is 0.292. The molecule has 31 heavy (non-hydrogen) atoms. The maximum atomic E-state index is 12.2. The van der Waals surface area contributed by atoms with Crippen molar-refractivity contribution in [3.63, 3.8) is 0 Å². The number of esters is 1. The van der Waals surface area contributed by atoms with Crippen molar-refractivity contribution < 1.29 is 23.9 Å². The molecule has 0 bridgehead atoms. The molecule has 2 aromatic rings. The van der Waals surface area contributed by atoms with Gasteiger partial charge in [-0.1, -0.05) is 73.3 Å². The first-order valence-corrected chi connectivity index (χ1v) is 10.1. The molecule has 0 saturated carbocycles. The first-order valence-electron chi connectivity index (χ1n) is 10.1. The maximum Gasteiger partial charge on any atom is 0.408 e. The molecule has 2 N–H and O–H groups in total. The van der Waals surface area contributed by atoms with Crippen molar-refractivity contribution in [1.82, 2.24) is 10.6 Å². The molecule has 2 amide bonds. The highest BCUT2D eigenvalue weighted by atomic mass is 16.6. The highest BCUT2D eigenvalue weighted by molar-refractivity contribution is 5.81. The third-order valence-corrected chi connectivity index (χ3v) is 4.37. The number of rotatable bonds is 12. The zero-order valence-corrected chi connectivity index (χ0v) is 17.4. The number of ether oxygens (including phenoxy) is 2. The van der Waals surface area contributed by atoms with Crippen molar-refractivity contribution in [3.8, 4) is 0 Å². The predicted octanol–water partition coefficient (Wildman–Crippen LogP) is 3.15. The van der Waals surface area contributed by atoms with Crippen molar-refractivity contribution in [1.29, 1.82) is 0 Å². The topological polar surface area (TPSA) is 93.7 Å². The molecular weight excluding hydrogens is 396 g/mol. The number of carbonyl (C=O) groups excluding carboxylic acids is 3. The van der Waals surface area contributed by atoms with Gasteiger partial charge in [0, 0.05) is 13.0 Å². The Morgan fingerprint density at radius 2 is 1.58 bits per heavy atom. The standard InChI is InChI=1S/C24H28N2O5/c1-2-17-30-23(28)21(26-24(29)31-18-20-11-7-4-8-12-20)15-16-25-22(27)14-13-19-9-5-3-6-10-19/h2-12,21H,1,13-18H2,(H,25,27)(H,26,29)/t21-/m0/s1. The SMILES string of the molecule is C=CCOC(=O)[C@H](CCNC(=O)CCc1ccccc1)NC(=O)OCc1ccccc1. The van der Waals surface area contributed by atoms with E-state index < -0.39 is 18.1 Å². The molecule has 2 aromatic carbocycles. The molecule has 0 aliphatic heterocycles. The number of benzene rings is 2. The molecule has 0 radical (unpaired) electrons. The van der Waals surface area contributed by atoms with Crippen molar-refractivity contribution >= 4 is 18.0 Å². The van der Waals surface area contributed by atoms with Gasteiger partial charge in [0.25, 0.3) is 0 Å². The van der Waals surface area contributed by atoms with E-state index in [1.54, 1.807) is 0 Å². The number of hydrogen-bond donors (Lipinski definition) is 2. The van der Waals surface area contributed by atoms with Gasteiger partial charge in [0.2, 0.25) is 5.91 Å². The summed E-state index contributed by atoms with van der Waals surface area (Å²) in [6.45, 7) is 3.82. The Morgan fingerprint density at radius 1 is 0.935 bits per heavy atom. The molecule has 0 spiro atoms. The summed E-state index contributed by atoms with van der Waals surface area (Å²) in [7, 11) is 0. The second kappa shape index (κ2) is 13.6. The van der Waals surface area contributed by atoms with Crippen LogP contribution in [0.5, 0.6) is 0 Å². The van der Waals surface area contributed by atoms with Crippen LogP contribution in [0.2, 0.25) is 0 Å². The van der Waals surface area contributed by atoms with Crippen LogP contribution in [-0.2, 0) is 32.1 Å². The van der Waals surface area contributed by atoms with Crippen molar-refractivity contribution in [2.75, 3.05) is 13.2 Å². The summed E-state index contributed by atoms with van der Waals surface area (Å²) >= 11 is 0. The highest BCUT2D eigenvalue weighted by Crippen LogP contribution is 2.04. The van der Waals surface area contributed by atoms with Gasteiger partial charge in [0.05, 0.1) is 0 Å². The zero-order chi connectivity index (χ0) is 22.3. The van der Waals surface area contributed by atoms with Crippen LogP contribution in [0.15, 0.2) is 73.3 Å². The van der Waals surface area contributed by atoms with Gasteiger partial charge in [-0.05, 0) is 24.0 Å². The minimum absolute atomic E-state index is 0.0273. The van der Waals surface area contributed by atoms with Crippen LogP contribution in [0.25, 0.3) is 0 Å². The van der Waals surface area contributed by atoms with Crippen LogP contribution >= 0.6 is 0 Å². The molecule has 0 saturated heterocycles. The van der Waals surface area contributed by atoms with E-state index in [2.05, 4.69) is 17.2 Å². The second-order valence-electron chi connectivity index (χ2n) is 6.80. The Labute approximate surface area is 182 Å². The Kier molecular flexibility index (Phi) is 10.4. The van der Waals surface area contributed by atoms with Crippen molar-refractivity contribution in [3.05, 3.63) is 84.4 Å². The predicted molar refractivity (Wildman–Crippen MR) is 117 cm³/mol. The summed E-state index contributed by atoms with van der Waals surface area (Å²) in [5, 5.41) is 5.27. The molecule has 164 valence electrons. The summed E-state index contributed by atoms with van der Waals surface area (Å²) < 4.78 is 10.2. The number of carbonyl (C=O) groups is 3. The van der Waals surface area contributed by atoms with E-state index in [1.165, 1.54) is 6.08 Å². The number of nitrogens with one attached hydrogen (secondary N) is 2. The second-order valence-corrected chi connectivity index (χ2v) is 6.80. The van der Waals surface area contributed by atoms with Gasteiger partial charge in [-0.3, -0.25) is 4.79 Å². The molecule has 0 aliphatic rings. The molecule has 2 rings (SSSR count). The smallest absolute Gasteiger partial charge is 0.408 e. The van der Waals surface area contributed by atoms with E-state index in [1.807, 2.05) is 60.7 Å². The van der Waals surface area contributed by atoms with Gasteiger partial charge in [-0.25, -0.2) is 9.59 Å². The summed E-state index contributed by atoms with van der Waals surface area (Å²) in [5.74, 6) is -0.746. The lowest BCUT2D eigenvalue weighted by Gasteiger charge is -2.17. The molecule has 7 heteroatoms. The molecular formula is C24H28N2O5. The molecule has 7 nitrogen and oxygen atoms in total. The van der Waals surface area contributed by atoms with Crippen LogP contribution in [0, 0.1) is 0 Å². The van der Waals surface area contributed by atoms with E-state index in [4.69, 9.17) is 9.47 Å². The largest absolute Gasteiger partial charge is 0.460 e. The monoisotopic (exact) mass is 424 g/mol. The van der Waals surface area contributed by atoms with Crippen LogP contribution in [0.1, 0.15) is 24.0 Å². The van der Waals surface area contributed by atoms with Crippen molar-refractivity contribution in [2.24, 2.45) is 0 Å². The Morgan fingerprint density at radius 3 is 2.23 bits per heavy atom. The van der Waals surface area contributed by atoms with Gasteiger partial charge in [0.15, 0.2) is 0 Å². The van der Waals surface area contributed by atoms with E-state index in [9.17, 15) is 14.4 Å². The normalized spacial score (nSPS) is 11.1. The summed E-state index contributed by atoms with van der Waals surface area (Å²) in [6.07, 6.45) is 1.84. The third-order valence-electron chi connectivity index (χ3n) is 4.37. The maximum absolute atomic E-state index is 12.2. The summed E-state index contributed by atoms with van der Waals surface area (Å²) in [6, 6.07) is 18.0. The highest BCUT2D eigenvalue weighted by Gasteiger charge is 2.23. The third kappa shape index (κ3) is 9.62. The first-order chi connectivity index (χ1) is 15.1. The Balaban J connectivity index is 1.78. The van der Waals surface area contributed by atoms with E-state index in [0.717, 1.165) is 11.1 Å².